The maximum Gasteiger partial charge on any atom is 0.407 e. The first kappa shape index (κ1) is 29.3. The van der Waals surface area contributed by atoms with Gasteiger partial charge in [-0.15, -0.1) is 0 Å². The van der Waals surface area contributed by atoms with Crippen molar-refractivity contribution in [2.45, 2.75) is 74.4 Å². The average molecular weight is 566 g/mol. The molecule has 1 aromatic heterocycles. The highest BCUT2D eigenvalue weighted by Crippen LogP contribution is 2.34. The molecule has 1 amide bonds. The van der Waals surface area contributed by atoms with Gasteiger partial charge in [0, 0.05) is 34.6 Å². The third-order valence-electron chi connectivity index (χ3n) is 6.58. The Hall–Kier alpha value is -3.70. The maximum absolute atomic E-state index is 12.1. The highest BCUT2D eigenvalue weighted by Gasteiger charge is 2.25. The van der Waals surface area contributed by atoms with Gasteiger partial charge in [0.15, 0.2) is 5.82 Å². The molecule has 0 spiro atoms. The van der Waals surface area contributed by atoms with Crippen LogP contribution in [0.15, 0.2) is 64.5 Å². The minimum absolute atomic E-state index is 0.120. The summed E-state index contributed by atoms with van der Waals surface area (Å²) in [6.07, 6.45) is 4.89. The van der Waals surface area contributed by atoms with Gasteiger partial charge in [-0.2, -0.15) is 4.98 Å². The molecule has 3 aromatic rings. The largest absolute Gasteiger partial charge is 0.444 e. The lowest BCUT2D eigenvalue weighted by atomic mass is 9.86. The molecular weight excluding hydrogens is 526 g/mol. The van der Waals surface area contributed by atoms with Crippen molar-refractivity contribution >= 4 is 41.0 Å². The number of nitrogen functional groups attached to an aromatic ring is 1. The van der Waals surface area contributed by atoms with Gasteiger partial charge in [0.1, 0.15) is 11.3 Å². The monoisotopic (exact) mass is 565 g/mol. The van der Waals surface area contributed by atoms with Crippen LogP contribution >= 0.6 is 11.8 Å². The van der Waals surface area contributed by atoms with E-state index in [1.807, 2.05) is 57.2 Å². The van der Waals surface area contributed by atoms with Gasteiger partial charge in [0.25, 0.3) is 0 Å². The Balaban J connectivity index is 1.31. The smallest absolute Gasteiger partial charge is 0.407 e. The summed E-state index contributed by atoms with van der Waals surface area (Å²) in [6, 6.07) is 16.1. The lowest BCUT2D eigenvalue weighted by Crippen LogP contribution is -2.41. The Morgan fingerprint density at radius 3 is 2.45 bits per heavy atom. The van der Waals surface area contributed by atoms with E-state index < -0.39 is 5.60 Å². The second-order valence-corrected chi connectivity index (χ2v) is 12.0. The molecule has 10 nitrogen and oxygen atoms in total. The summed E-state index contributed by atoms with van der Waals surface area (Å²) >= 11 is 1.62. The molecule has 11 heteroatoms. The molecule has 0 bridgehead atoms. The fourth-order valence-corrected chi connectivity index (χ4v) is 5.51. The van der Waals surface area contributed by atoms with Gasteiger partial charge in [-0.25, -0.2) is 9.78 Å². The number of nitrogens with two attached hydrogens (primary N) is 1. The zero-order valence-corrected chi connectivity index (χ0v) is 24.1. The summed E-state index contributed by atoms with van der Waals surface area (Å²) < 4.78 is 5.38. The van der Waals surface area contributed by atoms with E-state index in [4.69, 9.17) is 10.5 Å². The number of nitrogens with zero attached hydrogens (tertiary/aromatic N) is 2. The molecule has 0 unspecified atom stereocenters. The Morgan fingerprint density at radius 1 is 1.05 bits per heavy atom. The second-order valence-electron chi connectivity index (χ2n) is 10.9. The van der Waals surface area contributed by atoms with E-state index >= 15 is 0 Å². The Labute approximate surface area is 239 Å². The lowest BCUT2D eigenvalue weighted by molar-refractivity contribution is 0.0488. The van der Waals surface area contributed by atoms with Crippen LogP contribution in [0.5, 0.6) is 0 Å². The molecule has 0 aliphatic heterocycles. The third kappa shape index (κ3) is 8.65. The van der Waals surface area contributed by atoms with Gasteiger partial charge in [-0.3, -0.25) is 10.7 Å². The van der Waals surface area contributed by atoms with E-state index in [1.54, 1.807) is 18.0 Å². The molecule has 0 radical (unpaired) electrons. The van der Waals surface area contributed by atoms with Gasteiger partial charge in [0.05, 0.1) is 6.20 Å². The van der Waals surface area contributed by atoms with E-state index in [0.29, 0.717) is 36.5 Å². The minimum atomic E-state index is -0.506. The summed E-state index contributed by atoms with van der Waals surface area (Å²) in [6.45, 7) is 6.80. The summed E-state index contributed by atoms with van der Waals surface area (Å²) in [5.41, 5.74) is 10.1. The van der Waals surface area contributed by atoms with Gasteiger partial charge in [-0.05, 0) is 76.1 Å². The summed E-state index contributed by atoms with van der Waals surface area (Å²) in [5, 5.41) is 19.2. The van der Waals surface area contributed by atoms with E-state index in [1.165, 1.54) is 0 Å². The molecule has 1 aliphatic carbocycles. The topological polar surface area (TPSA) is 146 Å². The molecule has 214 valence electrons. The average Bonchev–Trinajstić information content (AvgIpc) is 2.92. The van der Waals surface area contributed by atoms with E-state index in [0.717, 1.165) is 46.7 Å². The van der Waals surface area contributed by atoms with Crippen LogP contribution in [0.3, 0.4) is 0 Å². The van der Waals surface area contributed by atoms with Crippen molar-refractivity contribution in [1.29, 1.82) is 0 Å². The van der Waals surface area contributed by atoms with Gasteiger partial charge < -0.3 is 26.4 Å². The summed E-state index contributed by atoms with van der Waals surface area (Å²) in [5.74, 6) is 1.39. The number of aromatic nitrogens is 2. The summed E-state index contributed by atoms with van der Waals surface area (Å²) in [4.78, 5) is 23.1. The molecule has 4 rings (SSSR count). The van der Waals surface area contributed by atoms with E-state index in [-0.39, 0.29) is 12.1 Å². The number of para-hydroxylation sites is 1. The molecule has 2 aromatic carbocycles. The number of ether oxygens (including phenoxy) is 1. The van der Waals surface area contributed by atoms with Gasteiger partial charge >= 0.3 is 6.09 Å². The molecule has 7 N–H and O–H groups in total. The van der Waals surface area contributed by atoms with Crippen LogP contribution in [-0.4, -0.2) is 39.5 Å². The number of hydrogen-bond acceptors (Lipinski definition) is 10. The Bertz CT molecular complexity index is 1280. The number of nitrogens with one attached hydrogen (secondary N) is 4. The van der Waals surface area contributed by atoms with Crippen LogP contribution in [0, 0.1) is 5.92 Å². The van der Waals surface area contributed by atoms with Gasteiger partial charge in [-0.1, -0.05) is 42.1 Å². The first-order chi connectivity index (χ1) is 19.2. The fourth-order valence-electron chi connectivity index (χ4n) is 4.53. The number of amides is 1. The summed E-state index contributed by atoms with van der Waals surface area (Å²) in [7, 11) is 0. The van der Waals surface area contributed by atoms with Crippen molar-refractivity contribution in [2.75, 3.05) is 28.4 Å². The number of anilines is 4. The molecule has 0 saturated heterocycles. The first-order valence-electron chi connectivity index (χ1n) is 13.5. The standard InChI is InChI=1S/C29H39N7O3S/c1-29(2,3)39-28(37)34-21-14-12-19(13-15-21)16-31-26-23(36-38)18-33-27(35-26)32-17-20-8-4-6-10-24(20)40-25-11-7-5-9-22(25)30/h4-11,18-19,21,36,38H,12-17,30H2,1-3H3,(H,34,37)(H2,31,32,33,35). The highest BCUT2D eigenvalue weighted by atomic mass is 32.2. The SMILES string of the molecule is CC(C)(C)OC(=O)NC1CCC(CNc2nc(NCc3ccccc3Sc3ccccc3N)ncc2NO)CC1. The van der Waals surface area contributed by atoms with E-state index in [9.17, 15) is 10.0 Å². The van der Waals surface area contributed by atoms with E-state index in [2.05, 4.69) is 43.5 Å². The van der Waals surface area contributed by atoms with Crippen molar-refractivity contribution in [2.24, 2.45) is 5.92 Å². The maximum atomic E-state index is 12.1. The molecule has 0 atom stereocenters. The molecule has 1 aliphatic rings. The number of alkyl carbamates (subject to hydrolysis) is 1. The van der Waals surface area contributed by atoms with Gasteiger partial charge in [0.2, 0.25) is 5.95 Å². The van der Waals surface area contributed by atoms with Crippen molar-refractivity contribution in [1.82, 2.24) is 15.3 Å². The molecule has 1 saturated carbocycles. The van der Waals surface area contributed by atoms with Crippen LogP contribution in [0.25, 0.3) is 0 Å². The number of hydrogen-bond donors (Lipinski definition) is 6. The molecular formula is C29H39N7O3S. The van der Waals surface area contributed by atoms with Crippen molar-refractivity contribution in [3.05, 3.63) is 60.3 Å². The van der Waals surface area contributed by atoms with Crippen LogP contribution < -0.4 is 27.2 Å². The van der Waals surface area contributed by atoms with Crippen LogP contribution in [-0.2, 0) is 11.3 Å². The predicted molar refractivity (Wildman–Crippen MR) is 160 cm³/mol. The Kier molecular flexibility index (Phi) is 9.94. The van der Waals surface area contributed by atoms with Crippen LogP contribution in [0.2, 0.25) is 0 Å². The van der Waals surface area contributed by atoms with Crippen molar-refractivity contribution in [3.63, 3.8) is 0 Å². The highest BCUT2D eigenvalue weighted by molar-refractivity contribution is 7.99. The fraction of sp³-hybridized carbons (Fsp3) is 0.414. The van der Waals surface area contributed by atoms with Crippen molar-refractivity contribution in [3.8, 4) is 0 Å². The number of carbonyl (C=O) groups excluding carboxylic acids is 1. The molecule has 1 fully saturated rings. The van der Waals surface area contributed by atoms with Crippen LogP contribution in [0.4, 0.5) is 27.9 Å². The first-order valence-corrected chi connectivity index (χ1v) is 14.4. The molecule has 40 heavy (non-hydrogen) atoms. The minimum Gasteiger partial charge on any atom is -0.444 e. The van der Waals surface area contributed by atoms with Crippen LogP contribution in [0.1, 0.15) is 52.0 Å². The normalized spacial score (nSPS) is 17.1. The zero-order valence-electron chi connectivity index (χ0n) is 23.2. The lowest BCUT2D eigenvalue weighted by Gasteiger charge is -2.30. The molecule has 1 heterocycles. The quantitative estimate of drug-likeness (QED) is 0.126. The van der Waals surface area contributed by atoms with Crippen molar-refractivity contribution < 1.29 is 14.7 Å². The second kappa shape index (κ2) is 13.6. The predicted octanol–water partition coefficient (Wildman–Crippen LogP) is 6.12. The Morgan fingerprint density at radius 2 is 1.75 bits per heavy atom. The number of rotatable bonds is 10. The number of carbonyl (C=O) groups is 1. The third-order valence-corrected chi connectivity index (χ3v) is 7.79. The number of benzene rings is 2. The zero-order chi connectivity index (χ0) is 28.5.